The summed E-state index contributed by atoms with van der Waals surface area (Å²) in [6.45, 7) is 3.96. The van der Waals surface area contributed by atoms with Crippen molar-refractivity contribution in [1.29, 1.82) is 5.26 Å². The highest BCUT2D eigenvalue weighted by Gasteiger charge is 2.32. The van der Waals surface area contributed by atoms with Crippen LogP contribution < -0.4 is 5.32 Å². The molecule has 1 aliphatic carbocycles. The molecule has 0 bridgehead atoms. The summed E-state index contributed by atoms with van der Waals surface area (Å²) in [4.78, 5) is 12.5. The molecule has 1 amide bonds. The number of amides is 1. The van der Waals surface area contributed by atoms with Crippen LogP contribution in [0.4, 0.5) is 0 Å². The van der Waals surface area contributed by atoms with Gasteiger partial charge in [0.1, 0.15) is 5.54 Å². The van der Waals surface area contributed by atoms with Crippen molar-refractivity contribution >= 4 is 5.91 Å². The average molecular weight is 284 g/mol. The van der Waals surface area contributed by atoms with Gasteiger partial charge in [-0.05, 0) is 38.3 Å². The van der Waals surface area contributed by atoms with Crippen LogP contribution in [0.3, 0.4) is 0 Å². The van der Waals surface area contributed by atoms with E-state index in [0.29, 0.717) is 5.56 Å². The molecule has 21 heavy (non-hydrogen) atoms. The summed E-state index contributed by atoms with van der Waals surface area (Å²) in [7, 11) is 0. The molecule has 0 aliphatic heterocycles. The Labute approximate surface area is 127 Å². The fraction of sp³-hybridized carbons (Fsp3) is 0.556. The Morgan fingerprint density at radius 1 is 1.14 bits per heavy atom. The molecule has 0 saturated heterocycles. The number of nitrogens with one attached hydrogen (secondary N) is 1. The number of nitriles is 1. The van der Waals surface area contributed by atoms with Crippen LogP contribution in [0.25, 0.3) is 0 Å². The van der Waals surface area contributed by atoms with E-state index in [-0.39, 0.29) is 5.91 Å². The highest BCUT2D eigenvalue weighted by atomic mass is 16.1. The Balaban J connectivity index is 2.16. The van der Waals surface area contributed by atoms with Gasteiger partial charge >= 0.3 is 0 Å². The Bertz CT molecular complexity index is 549. The van der Waals surface area contributed by atoms with Crippen LogP contribution in [0.15, 0.2) is 18.2 Å². The number of carbonyl (C=O) groups excluding carboxylic acids is 1. The smallest absolute Gasteiger partial charge is 0.252 e. The Hall–Kier alpha value is -1.82. The van der Waals surface area contributed by atoms with Crippen LogP contribution in [-0.4, -0.2) is 11.4 Å². The SMILES string of the molecule is Cc1ccc(C(=O)NC2(C#N)CCCCCCC2)c(C)c1. The van der Waals surface area contributed by atoms with E-state index >= 15 is 0 Å². The lowest BCUT2D eigenvalue weighted by Crippen LogP contribution is -2.47. The van der Waals surface area contributed by atoms with Crippen LogP contribution in [0.5, 0.6) is 0 Å². The molecular formula is C18H24N2O. The second-order valence-electron chi connectivity index (χ2n) is 6.23. The van der Waals surface area contributed by atoms with Crippen molar-refractivity contribution in [2.24, 2.45) is 0 Å². The minimum absolute atomic E-state index is 0.116. The van der Waals surface area contributed by atoms with Crippen LogP contribution in [0.2, 0.25) is 0 Å². The maximum atomic E-state index is 12.5. The first-order valence-corrected chi connectivity index (χ1v) is 7.87. The van der Waals surface area contributed by atoms with E-state index in [0.717, 1.165) is 49.7 Å². The zero-order valence-corrected chi connectivity index (χ0v) is 13.0. The van der Waals surface area contributed by atoms with Crippen LogP contribution in [0.1, 0.15) is 66.4 Å². The summed E-state index contributed by atoms with van der Waals surface area (Å²) in [5.41, 5.74) is 2.10. The maximum absolute atomic E-state index is 12.5. The third-order valence-corrected chi connectivity index (χ3v) is 4.40. The van der Waals surface area contributed by atoms with Gasteiger partial charge in [-0.15, -0.1) is 0 Å². The van der Waals surface area contributed by atoms with Crippen molar-refractivity contribution in [3.63, 3.8) is 0 Å². The molecule has 112 valence electrons. The Kier molecular flexibility index (Phi) is 5.01. The monoisotopic (exact) mass is 284 g/mol. The number of nitrogens with zero attached hydrogens (tertiary/aromatic N) is 1. The predicted octanol–water partition coefficient (Wildman–Crippen LogP) is 4.04. The maximum Gasteiger partial charge on any atom is 0.252 e. The Morgan fingerprint density at radius 3 is 2.33 bits per heavy atom. The van der Waals surface area contributed by atoms with Gasteiger partial charge in [0, 0.05) is 5.56 Å². The highest BCUT2D eigenvalue weighted by Crippen LogP contribution is 2.26. The van der Waals surface area contributed by atoms with Crippen molar-refractivity contribution < 1.29 is 4.79 Å². The van der Waals surface area contributed by atoms with Crippen molar-refractivity contribution in [1.82, 2.24) is 5.32 Å². The zero-order valence-electron chi connectivity index (χ0n) is 13.0. The summed E-state index contributed by atoms with van der Waals surface area (Å²) in [5, 5.41) is 12.6. The minimum Gasteiger partial charge on any atom is -0.334 e. The molecule has 0 spiro atoms. The summed E-state index contributed by atoms with van der Waals surface area (Å²) >= 11 is 0. The molecule has 1 saturated carbocycles. The number of carbonyl (C=O) groups is 1. The van der Waals surface area contributed by atoms with Crippen molar-refractivity contribution in [2.45, 2.75) is 64.3 Å². The molecule has 0 heterocycles. The van der Waals surface area contributed by atoms with E-state index in [1.165, 1.54) is 6.42 Å². The molecule has 1 aliphatic rings. The largest absolute Gasteiger partial charge is 0.334 e. The van der Waals surface area contributed by atoms with Gasteiger partial charge < -0.3 is 5.32 Å². The van der Waals surface area contributed by atoms with Crippen LogP contribution in [0, 0.1) is 25.2 Å². The number of rotatable bonds is 2. The van der Waals surface area contributed by atoms with Gasteiger partial charge in [0.05, 0.1) is 6.07 Å². The van der Waals surface area contributed by atoms with Gasteiger partial charge in [-0.3, -0.25) is 4.79 Å². The quantitative estimate of drug-likeness (QED) is 0.891. The second-order valence-corrected chi connectivity index (χ2v) is 6.23. The first kappa shape index (κ1) is 15.6. The molecule has 1 aromatic rings. The minimum atomic E-state index is -0.686. The van der Waals surface area contributed by atoms with Gasteiger partial charge in [-0.1, -0.05) is 49.8 Å². The molecule has 3 nitrogen and oxygen atoms in total. The van der Waals surface area contributed by atoms with E-state index in [9.17, 15) is 10.1 Å². The van der Waals surface area contributed by atoms with E-state index in [2.05, 4.69) is 11.4 Å². The van der Waals surface area contributed by atoms with Gasteiger partial charge in [0.15, 0.2) is 0 Å². The zero-order chi connectivity index (χ0) is 15.3. The van der Waals surface area contributed by atoms with Gasteiger partial charge in [-0.25, -0.2) is 0 Å². The lowest BCUT2D eigenvalue weighted by Gasteiger charge is -2.30. The lowest BCUT2D eigenvalue weighted by atomic mass is 9.84. The van der Waals surface area contributed by atoms with E-state index in [1.54, 1.807) is 0 Å². The number of hydrogen-bond donors (Lipinski definition) is 1. The molecule has 0 unspecified atom stereocenters. The first-order chi connectivity index (χ1) is 10.1. The molecular weight excluding hydrogens is 260 g/mol. The number of benzene rings is 1. The molecule has 1 fully saturated rings. The van der Waals surface area contributed by atoms with Crippen molar-refractivity contribution in [2.75, 3.05) is 0 Å². The van der Waals surface area contributed by atoms with E-state index < -0.39 is 5.54 Å². The predicted molar refractivity (Wildman–Crippen MR) is 84.0 cm³/mol. The number of aryl methyl sites for hydroxylation is 2. The van der Waals surface area contributed by atoms with Crippen molar-refractivity contribution in [3.05, 3.63) is 34.9 Å². The third kappa shape index (κ3) is 3.85. The summed E-state index contributed by atoms with van der Waals surface area (Å²) in [6.07, 6.45) is 7.11. The molecule has 2 rings (SSSR count). The number of hydrogen-bond acceptors (Lipinski definition) is 2. The average Bonchev–Trinajstić information content (AvgIpc) is 2.42. The topological polar surface area (TPSA) is 52.9 Å². The second kappa shape index (κ2) is 6.76. The van der Waals surface area contributed by atoms with E-state index in [4.69, 9.17) is 0 Å². The summed E-state index contributed by atoms with van der Waals surface area (Å²) in [6, 6.07) is 8.19. The summed E-state index contributed by atoms with van der Waals surface area (Å²) in [5.74, 6) is -0.116. The molecule has 1 N–H and O–H groups in total. The first-order valence-electron chi connectivity index (χ1n) is 7.87. The highest BCUT2D eigenvalue weighted by molar-refractivity contribution is 5.96. The molecule has 0 radical (unpaired) electrons. The van der Waals surface area contributed by atoms with Crippen molar-refractivity contribution in [3.8, 4) is 6.07 Å². The fourth-order valence-electron chi connectivity index (χ4n) is 3.13. The fourth-order valence-corrected chi connectivity index (χ4v) is 3.13. The Morgan fingerprint density at radius 2 is 1.76 bits per heavy atom. The van der Waals surface area contributed by atoms with Gasteiger partial charge in [0.2, 0.25) is 0 Å². The van der Waals surface area contributed by atoms with Gasteiger partial charge in [-0.2, -0.15) is 5.26 Å². The standard InChI is InChI=1S/C18H24N2O/c1-14-8-9-16(15(2)12-14)17(21)20-18(13-19)10-6-4-3-5-7-11-18/h8-9,12H,3-7,10-11H2,1-2H3,(H,20,21). The normalized spacial score (nSPS) is 18.1. The van der Waals surface area contributed by atoms with E-state index in [1.807, 2.05) is 32.0 Å². The van der Waals surface area contributed by atoms with Crippen LogP contribution >= 0.6 is 0 Å². The molecule has 1 aromatic carbocycles. The lowest BCUT2D eigenvalue weighted by molar-refractivity contribution is 0.0907. The molecule has 3 heteroatoms. The molecule has 0 atom stereocenters. The summed E-state index contributed by atoms with van der Waals surface area (Å²) < 4.78 is 0. The van der Waals surface area contributed by atoms with Crippen LogP contribution in [-0.2, 0) is 0 Å². The van der Waals surface area contributed by atoms with Gasteiger partial charge in [0.25, 0.3) is 5.91 Å². The molecule has 0 aromatic heterocycles. The third-order valence-electron chi connectivity index (χ3n) is 4.40.